The topological polar surface area (TPSA) is 72.6 Å². The van der Waals surface area contributed by atoms with E-state index in [-0.39, 0.29) is 30.3 Å². The molecule has 1 aliphatic rings. The Kier molecular flexibility index (Phi) is 4.72. The number of ether oxygens (including phenoxy) is 1. The molecule has 0 atom stereocenters. The van der Waals surface area contributed by atoms with E-state index in [0.29, 0.717) is 5.76 Å². The van der Waals surface area contributed by atoms with Crippen LogP contribution in [0.1, 0.15) is 5.76 Å². The number of aromatic nitrogens is 1. The second-order valence-electron chi connectivity index (χ2n) is 6.05. The van der Waals surface area contributed by atoms with Gasteiger partial charge in [0.15, 0.2) is 21.4 Å². The number of benzene rings is 1. The van der Waals surface area contributed by atoms with E-state index in [1.54, 1.807) is 17.0 Å². The lowest BCUT2D eigenvalue weighted by atomic mass is 10.3. The molecule has 0 bridgehead atoms. The van der Waals surface area contributed by atoms with Crippen molar-refractivity contribution in [1.29, 1.82) is 0 Å². The minimum atomic E-state index is -3.89. The minimum absolute atomic E-state index is 0.0303. The summed E-state index contributed by atoms with van der Waals surface area (Å²) in [5, 5.41) is -0.625. The zero-order valence-electron chi connectivity index (χ0n) is 14.2. The molecule has 146 valence electrons. The molecule has 3 aromatic rings. The van der Waals surface area contributed by atoms with Crippen LogP contribution in [-0.2, 0) is 16.4 Å². The highest BCUT2D eigenvalue weighted by Gasteiger charge is 2.37. The van der Waals surface area contributed by atoms with Crippen molar-refractivity contribution in [1.82, 2.24) is 4.98 Å². The van der Waals surface area contributed by atoms with Gasteiger partial charge in [0.1, 0.15) is 21.4 Å². The van der Waals surface area contributed by atoms with Gasteiger partial charge in [-0.05, 0) is 24.3 Å². The van der Waals surface area contributed by atoms with Crippen molar-refractivity contribution in [2.24, 2.45) is 0 Å². The van der Waals surface area contributed by atoms with Crippen LogP contribution in [0.3, 0.4) is 0 Å². The molecular formula is C18H13ClF2N2O4S. The third kappa shape index (κ3) is 3.31. The smallest absolute Gasteiger partial charge is 0.247 e. The van der Waals surface area contributed by atoms with Gasteiger partial charge < -0.3 is 14.1 Å². The number of nitrogens with zero attached hydrogens (tertiary/aromatic N) is 2. The molecule has 0 saturated heterocycles. The second kappa shape index (κ2) is 7.06. The summed E-state index contributed by atoms with van der Waals surface area (Å²) in [6, 6.07) is 8.85. The monoisotopic (exact) mass is 426 g/mol. The molecule has 6 nitrogen and oxygen atoms in total. The van der Waals surface area contributed by atoms with Crippen LogP contribution in [0.2, 0.25) is 5.02 Å². The van der Waals surface area contributed by atoms with Gasteiger partial charge in [-0.15, -0.1) is 0 Å². The quantitative estimate of drug-likeness (QED) is 0.582. The fourth-order valence-electron chi connectivity index (χ4n) is 2.94. The number of halogens is 3. The second-order valence-corrected chi connectivity index (χ2v) is 8.48. The third-order valence-electron chi connectivity index (χ3n) is 4.23. The maximum absolute atomic E-state index is 14.3. The summed E-state index contributed by atoms with van der Waals surface area (Å²) in [7, 11) is -3.89. The fourth-order valence-corrected chi connectivity index (χ4v) is 4.96. The van der Waals surface area contributed by atoms with Crippen molar-refractivity contribution in [3.05, 3.63) is 65.2 Å². The van der Waals surface area contributed by atoms with Gasteiger partial charge in [0, 0.05) is 6.54 Å². The van der Waals surface area contributed by atoms with Gasteiger partial charge in [-0.25, -0.2) is 12.8 Å². The lowest BCUT2D eigenvalue weighted by Crippen LogP contribution is -2.35. The first-order valence-corrected chi connectivity index (χ1v) is 10.2. The predicted octanol–water partition coefficient (Wildman–Crippen LogP) is 4.19. The number of hydrogen-bond donors (Lipinski definition) is 0. The van der Waals surface area contributed by atoms with Gasteiger partial charge in [-0.3, -0.25) is 0 Å². The molecule has 0 spiro atoms. The molecule has 28 heavy (non-hydrogen) atoms. The molecule has 4 rings (SSSR count). The Balaban J connectivity index is 1.89. The molecule has 0 fully saturated rings. The molecule has 1 aliphatic heterocycles. The Labute approximate surface area is 164 Å². The Bertz CT molecular complexity index is 1140. The van der Waals surface area contributed by atoms with Crippen LogP contribution >= 0.6 is 11.6 Å². The fraction of sp³-hybridized carbons (Fsp3) is 0.167. The van der Waals surface area contributed by atoms with Gasteiger partial charge in [0.05, 0.1) is 18.6 Å². The van der Waals surface area contributed by atoms with Crippen molar-refractivity contribution in [2.45, 2.75) is 11.4 Å². The highest BCUT2D eigenvalue weighted by molar-refractivity contribution is 7.91. The molecule has 0 unspecified atom stereocenters. The zero-order valence-corrected chi connectivity index (χ0v) is 15.8. The zero-order chi connectivity index (χ0) is 19.9. The molecule has 3 heterocycles. The number of sulfone groups is 1. The summed E-state index contributed by atoms with van der Waals surface area (Å²) in [5.74, 6) is -2.26. The average molecular weight is 427 g/mol. The van der Waals surface area contributed by atoms with Gasteiger partial charge >= 0.3 is 0 Å². The standard InChI is InChI=1S/C18H13ClF2N2O4S/c19-14-16-15(18(22-17(14)21)27-13-6-2-1-5-12(13)20)23(7-9-28(16,24)25)10-11-4-3-8-26-11/h1-6,8H,7,9-10H2. The minimum Gasteiger partial charge on any atom is -0.467 e. The van der Waals surface area contributed by atoms with Crippen LogP contribution in [0.5, 0.6) is 11.6 Å². The summed E-state index contributed by atoms with van der Waals surface area (Å²) in [6.07, 6.45) is 1.48. The van der Waals surface area contributed by atoms with E-state index in [1.807, 2.05) is 0 Å². The summed E-state index contributed by atoms with van der Waals surface area (Å²) >= 11 is 5.95. The lowest BCUT2D eigenvalue weighted by Gasteiger charge is -2.31. The van der Waals surface area contributed by atoms with Gasteiger partial charge in [0.2, 0.25) is 11.8 Å². The van der Waals surface area contributed by atoms with Crippen LogP contribution in [0.4, 0.5) is 14.5 Å². The van der Waals surface area contributed by atoms with Gasteiger partial charge in [0.25, 0.3) is 0 Å². The maximum atomic E-state index is 14.3. The predicted molar refractivity (Wildman–Crippen MR) is 97.5 cm³/mol. The average Bonchev–Trinajstić information content (AvgIpc) is 3.15. The number of anilines is 1. The molecule has 0 N–H and O–H groups in total. The molecule has 0 radical (unpaired) electrons. The number of hydrogen-bond acceptors (Lipinski definition) is 6. The van der Waals surface area contributed by atoms with E-state index in [4.69, 9.17) is 20.8 Å². The van der Waals surface area contributed by atoms with E-state index in [1.165, 1.54) is 24.5 Å². The molecule has 0 amide bonds. The van der Waals surface area contributed by atoms with E-state index in [0.717, 1.165) is 6.07 Å². The summed E-state index contributed by atoms with van der Waals surface area (Å²) in [5.41, 5.74) is -0.0303. The first-order chi connectivity index (χ1) is 13.4. The first-order valence-electron chi connectivity index (χ1n) is 8.18. The van der Waals surface area contributed by atoms with Crippen molar-refractivity contribution < 1.29 is 26.4 Å². The molecule has 2 aromatic heterocycles. The molecular weight excluding hydrogens is 414 g/mol. The largest absolute Gasteiger partial charge is 0.467 e. The molecule has 1 aromatic carbocycles. The number of para-hydroxylation sites is 1. The van der Waals surface area contributed by atoms with Crippen LogP contribution < -0.4 is 9.64 Å². The maximum Gasteiger partial charge on any atom is 0.247 e. The van der Waals surface area contributed by atoms with E-state index in [9.17, 15) is 17.2 Å². The third-order valence-corrected chi connectivity index (χ3v) is 6.42. The number of rotatable bonds is 4. The summed E-state index contributed by atoms with van der Waals surface area (Å²) in [6.45, 7) is 0.250. The first kappa shape index (κ1) is 18.7. The van der Waals surface area contributed by atoms with Crippen molar-refractivity contribution in [3.63, 3.8) is 0 Å². The van der Waals surface area contributed by atoms with Crippen LogP contribution in [0, 0.1) is 11.8 Å². The Morgan fingerprint density at radius 1 is 1.21 bits per heavy atom. The van der Waals surface area contributed by atoms with Crippen molar-refractivity contribution >= 4 is 27.1 Å². The van der Waals surface area contributed by atoms with Crippen molar-refractivity contribution in [2.75, 3.05) is 17.2 Å². The number of pyridine rings is 1. The van der Waals surface area contributed by atoms with Crippen LogP contribution in [0.15, 0.2) is 52.0 Å². The Morgan fingerprint density at radius 2 is 2.00 bits per heavy atom. The molecule has 10 heteroatoms. The molecule has 0 aliphatic carbocycles. The SMILES string of the molecule is O=S1(=O)CCN(Cc2ccco2)c2c(Oc3ccccc3F)nc(F)c(Cl)c21. The number of fused-ring (bicyclic) bond motifs is 1. The van der Waals surface area contributed by atoms with E-state index in [2.05, 4.69) is 4.98 Å². The van der Waals surface area contributed by atoms with Crippen LogP contribution in [0.25, 0.3) is 0 Å². The normalized spacial score (nSPS) is 15.3. The van der Waals surface area contributed by atoms with Gasteiger partial charge in [-0.2, -0.15) is 9.37 Å². The van der Waals surface area contributed by atoms with Gasteiger partial charge in [-0.1, -0.05) is 23.7 Å². The summed E-state index contributed by atoms with van der Waals surface area (Å²) in [4.78, 5) is 4.82. The molecule has 0 saturated carbocycles. The summed E-state index contributed by atoms with van der Waals surface area (Å²) < 4.78 is 64.3. The Morgan fingerprint density at radius 3 is 2.71 bits per heavy atom. The highest BCUT2D eigenvalue weighted by Crippen LogP contribution is 2.44. The highest BCUT2D eigenvalue weighted by atomic mass is 35.5. The number of furan rings is 1. The lowest BCUT2D eigenvalue weighted by molar-refractivity contribution is 0.411. The van der Waals surface area contributed by atoms with Crippen LogP contribution in [-0.4, -0.2) is 25.7 Å². The van der Waals surface area contributed by atoms with E-state index < -0.39 is 37.4 Å². The van der Waals surface area contributed by atoms with E-state index >= 15 is 0 Å². The van der Waals surface area contributed by atoms with Crippen molar-refractivity contribution in [3.8, 4) is 11.6 Å². The Hall–Kier alpha value is -2.65.